The summed E-state index contributed by atoms with van der Waals surface area (Å²) in [7, 11) is 1.44. The lowest BCUT2D eigenvalue weighted by molar-refractivity contribution is -0.372. The Morgan fingerprint density at radius 3 is 2.33 bits per heavy atom. The Morgan fingerprint density at radius 1 is 0.857 bits per heavy atom. The molecule has 0 unspecified atom stereocenters. The first-order valence-electron chi connectivity index (χ1n) is 18.3. The highest BCUT2D eigenvalue weighted by molar-refractivity contribution is 5.85. The Bertz CT molecular complexity index is 1260. The van der Waals surface area contributed by atoms with Crippen molar-refractivity contribution in [3.63, 3.8) is 0 Å². The predicted octanol–water partition coefficient (Wildman–Crippen LogP) is 0.934. The third-order valence-corrected chi connectivity index (χ3v) is 14.4. The van der Waals surface area contributed by atoms with Gasteiger partial charge in [0.2, 0.25) is 0 Å². The molecule has 0 aromatic carbocycles. The molecule has 278 valence electrons. The van der Waals surface area contributed by atoms with Crippen molar-refractivity contribution < 1.29 is 63.9 Å². The highest BCUT2D eigenvalue weighted by atomic mass is 16.8. The molecule has 7 aliphatic rings. The third-order valence-electron chi connectivity index (χ3n) is 14.4. The topological polar surface area (TPSA) is 194 Å². The summed E-state index contributed by atoms with van der Waals surface area (Å²) in [6.45, 7) is 6.10. The van der Waals surface area contributed by atoms with Gasteiger partial charge in [-0.05, 0) is 99.4 Å². The first kappa shape index (κ1) is 36.1. The standard InChI is InChI=1S/C36H56O13/c1-17-26(39)30(44-4)31(49-32-29(42)28(41)27(40)24(15-37)48-32)33(46-17)47-20-7-10-34(2)19(14-20)5-6-23-22(34)8-11-35(3)21(9-12-36(23,35)43)18-13-25(38)45-16-18/h13,17,19-24,26-33,37,39-43H,5-12,14-16H2,1-4H3/t17-,19+,20-,21+,22-,23+,24+,26-,27+,28-,29+,30+,31-,32-,33-,34-,35+,36-/m0/s1. The summed E-state index contributed by atoms with van der Waals surface area (Å²) in [5.41, 5.74) is -0.00574. The van der Waals surface area contributed by atoms with Crippen LogP contribution in [0.4, 0.5) is 0 Å². The van der Waals surface area contributed by atoms with E-state index in [-0.39, 0.29) is 34.7 Å². The van der Waals surface area contributed by atoms with Gasteiger partial charge in [-0.25, -0.2) is 4.79 Å². The molecule has 0 amide bonds. The highest BCUT2D eigenvalue weighted by Gasteiger charge is 2.68. The van der Waals surface area contributed by atoms with Crippen LogP contribution in [0.1, 0.15) is 78.6 Å². The molecule has 18 atom stereocenters. The van der Waals surface area contributed by atoms with Crippen LogP contribution >= 0.6 is 0 Å². The second-order valence-corrected chi connectivity index (χ2v) is 16.5. The number of ether oxygens (including phenoxy) is 6. The van der Waals surface area contributed by atoms with Gasteiger partial charge in [-0.1, -0.05) is 13.8 Å². The van der Waals surface area contributed by atoms with E-state index < -0.39 is 73.6 Å². The predicted molar refractivity (Wildman–Crippen MR) is 170 cm³/mol. The van der Waals surface area contributed by atoms with Crippen LogP contribution in [-0.4, -0.2) is 130 Å². The van der Waals surface area contributed by atoms with E-state index in [1.807, 2.05) is 0 Å². The van der Waals surface area contributed by atoms with E-state index in [1.54, 1.807) is 13.0 Å². The Morgan fingerprint density at radius 2 is 1.63 bits per heavy atom. The fraction of sp³-hybridized carbons (Fsp3) is 0.917. The highest BCUT2D eigenvalue weighted by Crippen LogP contribution is 2.70. The van der Waals surface area contributed by atoms with Gasteiger partial charge < -0.3 is 59.1 Å². The van der Waals surface area contributed by atoms with Gasteiger partial charge in [-0.3, -0.25) is 0 Å². The van der Waals surface area contributed by atoms with E-state index in [1.165, 1.54) is 7.11 Å². The van der Waals surface area contributed by atoms with Crippen molar-refractivity contribution in [3.8, 4) is 0 Å². The molecule has 3 heterocycles. The molecule has 6 N–H and O–H groups in total. The van der Waals surface area contributed by atoms with E-state index >= 15 is 0 Å². The van der Waals surface area contributed by atoms with Gasteiger partial charge in [-0.15, -0.1) is 0 Å². The van der Waals surface area contributed by atoms with Crippen molar-refractivity contribution in [2.75, 3.05) is 20.3 Å². The molecule has 7 rings (SSSR count). The molecule has 13 nitrogen and oxygen atoms in total. The molecular formula is C36H56O13. The molecule has 13 heteroatoms. The van der Waals surface area contributed by atoms with Crippen molar-refractivity contribution >= 4 is 5.97 Å². The summed E-state index contributed by atoms with van der Waals surface area (Å²) in [4.78, 5) is 11.9. The zero-order valence-corrected chi connectivity index (χ0v) is 29.1. The zero-order valence-electron chi connectivity index (χ0n) is 29.1. The van der Waals surface area contributed by atoms with E-state index in [0.29, 0.717) is 18.4 Å². The molecule has 0 radical (unpaired) electrons. The second-order valence-electron chi connectivity index (χ2n) is 16.5. The van der Waals surface area contributed by atoms with Gasteiger partial charge in [-0.2, -0.15) is 0 Å². The SMILES string of the molecule is CO[C@@H]1[C@@H](O)[C@H](C)O[C@@H](O[C@H]2CC[C@@]3(C)[C@H](CC[C@@H]4[C@@H]3CC[C@]3(C)[C@@H](C5=CC(=O)OC5)CC[C@]43O)C2)[C@H]1O[C@@H]1O[C@H](CO)[C@@H](O)[C@H](O)[C@H]1O. The number of aliphatic hydroxyl groups excluding tert-OH is 5. The van der Waals surface area contributed by atoms with Gasteiger partial charge in [0.25, 0.3) is 0 Å². The van der Waals surface area contributed by atoms with Crippen LogP contribution in [0.3, 0.4) is 0 Å². The number of cyclic esters (lactones) is 1. The average Bonchev–Trinajstić information content (AvgIpc) is 3.62. The molecular weight excluding hydrogens is 640 g/mol. The molecule has 4 aliphatic carbocycles. The molecule has 0 aromatic heterocycles. The van der Waals surface area contributed by atoms with E-state index in [9.17, 15) is 35.4 Å². The lowest BCUT2D eigenvalue weighted by Crippen LogP contribution is -2.65. The smallest absolute Gasteiger partial charge is 0.331 e. The Labute approximate surface area is 287 Å². The maximum Gasteiger partial charge on any atom is 0.331 e. The van der Waals surface area contributed by atoms with Crippen LogP contribution in [0.25, 0.3) is 0 Å². The number of rotatable bonds is 7. The van der Waals surface area contributed by atoms with E-state index in [4.69, 9.17) is 28.4 Å². The molecule has 0 bridgehead atoms. The van der Waals surface area contributed by atoms with Gasteiger partial charge in [0.15, 0.2) is 12.6 Å². The number of carbonyl (C=O) groups excluding carboxylic acids is 1. The monoisotopic (exact) mass is 696 g/mol. The molecule has 0 spiro atoms. The van der Waals surface area contributed by atoms with Gasteiger partial charge in [0, 0.05) is 18.6 Å². The normalized spacial score (nSPS) is 54.4. The number of fused-ring (bicyclic) bond motifs is 5. The summed E-state index contributed by atoms with van der Waals surface area (Å²) in [5, 5.41) is 64.5. The Balaban J connectivity index is 1.05. The second kappa shape index (κ2) is 13.3. The number of methoxy groups -OCH3 is 1. The van der Waals surface area contributed by atoms with Gasteiger partial charge >= 0.3 is 5.97 Å². The first-order valence-corrected chi connectivity index (χ1v) is 18.3. The quantitative estimate of drug-likeness (QED) is 0.163. The van der Waals surface area contributed by atoms with Crippen LogP contribution in [0.2, 0.25) is 0 Å². The molecule has 6 fully saturated rings. The average molecular weight is 697 g/mol. The number of hydrogen-bond donors (Lipinski definition) is 6. The van der Waals surface area contributed by atoms with Crippen LogP contribution in [0.15, 0.2) is 11.6 Å². The van der Waals surface area contributed by atoms with Gasteiger partial charge in [0.1, 0.15) is 49.3 Å². The Kier molecular flexibility index (Phi) is 9.82. The zero-order chi connectivity index (χ0) is 35.0. The molecule has 49 heavy (non-hydrogen) atoms. The first-order chi connectivity index (χ1) is 23.3. The minimum absolute atomic E-state index is 0.0296. The minimum atomic E-state index is -1.63. The fourth-order valence-corrected chi connectivity index (χ4v) is 11.5. The van der Waals surface area contributed by atoms with E-state index in [2.05, 4.69) is 13.8 Å². The Hall–Kier alpha value is -1.23. The summed E-state index contributed by atoms with van der Waals surface area (Å²) >= 11 is 0. The lowest BCUT2D eigenvalue weighted by atomic mass is 9.43. The van der Waals surface area contributed by atoms with Crippen LogP contribution < -0.4 is 0 Å². The number of carbonyl (C=O) groups is 1. The maximum absolute atomic E-state index is 12.6. The van der Waals surface area contributed by atoms with Crippen LogP contribution in [-0.2, 0) is 33.2 Å². The minimum Gasteiger partial charge on any atom is -0.458 e. The largest absolute Gasteiger partial charge is 0.458 e. The summed E-state index contributed by atoms with van der Waals surface area (Å²) < 4.78 is 35.5. The van der Waals surface area contributed by atoms with Crippen molar-refractivity contribution in [2.24, 2.45) is 34.5 Å². The fourth-order valence-electron chi connectivity index (χ4n) is 11.5. The van der Waals surface area contributed by atoms with Crippen molar-refractivity contribution in [2.45, 2.75) is 152 Å². The van der Waals surface area contributed by atoms with Crippen molar-refractivity contribution in [1.29, 1.82) is 0 Å². The number of aliphatic hydroxyl groups is 6. The van der Waals surface area contributed by atoms with Gasteiger partial charge in [0.05, 0.1) is 24.4 Å². The molecule has 2 saturated heterocycles. The third kappa shape index (κ3) is 5.74. The molecule has 3 aliphatic heterocycles. The summed E-state index contributed by atoms with van der Waals surface area (Å²) in [6.07, 6.45) is -2.68. The van der Waals surface area contributed by atoms with E-state index in [0.717, 1.165) is 63.4 Å². The molecule has 4 saturated carbocycles. The summed E-state index contributed by atoms with van der Waals surface area (Å²) in [5.74, 6) is 0.821. The molecule has 0 aromatic rings. The number of esters is 1. The summed E-state index contributed by atoms with van der Waals surface area (Å²) in [6, 6.07) is 0. The van der Waals surface area contributed by atoms with Crippen molar-refractivity contribution in [1.82, 2.24) is 0 Å². The van der Waals surface area contributed by atoms with Crippen LogP contribution in [0, 0.1) is 34.5 Å². The van der Waals surface area contributed by atoms with Crippen molar-refractivity contribution in [3.05, 3.63) is 11.6 Å². The maximum atomic E-state index is 12.6. The van der Waals surface area contributed by atoms with Crippen LogP contribution in [0.5, 0.6) is 0 Å². The number of hydrogen-bond acceptors (Lipinski definition) is 13. The lowest BCUT2D eigenvalue weighted by Gasteiger charge is -2.64.